The molecule has 4 aromatic rings. The molecule has 0 aliphatic heterocycles. The van der Waals surface area contributed by atoms with E-state index >= 15 is 0 Å². The summed E-state index contributed by atoms with van der Waals surface area (Å²) in [4.78, 5) is 0. The second-order valence-corrected chi connectivity index (χ2v) is 5.66. The molecule has 0 N–H and O–H groups in total. The zero-order valence-electron chi connectivity index (χ0n) is 12.9. The van der Waals surface area contributed by atoms with E-state index in [1.165, 1.54) is 6.33 Å². The molecule has 0 unspecified atom stereocenters. The zero-order chi connectivity index (χ0) is 17.1. The molecule has 0 fully saturated rings. The van der Waals surface area contributed by atoms with Crippen LogP contribution in [0.25, 0.3) is 16.9 Å². The van der Waals surface area contributed by atoms with Gasteiger partial charge in [0.15, 0.2) is 5.76 Å². The second-order valence-electron chi connectivity index (χ2n) is 5.23. The Morgan fingerprint density at radius 2 is 1.96 bits per heavy atom. The fourth-order valence-electron chi connectivity index (χ4n) is 2.29. The average Bonchev–Trinajstić information content (AvgIpc) is 3.33. The third-order valence-electron chi connectivity index (χ3n) is 3.51. The highest BCUT2D eigenvalue weighted by Crippen LogP contribution is 2.22. The first-order valence-electron chi connectivity index (χ1n) is 7.46. The Hall–Kier alpha value is -3.19. The summed E-state index contributed by atoms with van der Waals surface area (Å²) >= 11 is 5.89. The summed E-state index contributed by atoms with van der Waals surface area (Å²) in [5.41, 5.74) is 2.47. The maximum atomic E-state index is 5.89. The van der Waals surface area contributed by atoms with Crippen LogP contribution in [0.5, 0.6) is 5.75 Å². The summed E-state index contributed by atoms with van der Waals surface area (Å²) in [6, 6.07) is 16.7. The van der Waals surface area contributed by atoms with E-state index in [1.807, 2.05) is 54.6 Å². The van der Waals surface area contributed by atoms with Crippen LogP contribution in [0.2, 0.25) is 5.02 Å². The molecule has 7 nitrogen and oxygen atoms in total. The first-order valence-corrected chi connectivity index (χ1v) is 7.83. The van der Waals surface area contributed by atoms with Crippen molar-refractivity contribution in [3.05, 3.63) is 71.7 Å². The molecule has 0 bridgehead atoms. The normalized spacial score (nSPS) is 10.8. The van der Waals surface area contributed by atoms with Crippen LogP contribution in [-0.2, 0) is 6.61 Å². The van der Waals surface area contributed by atoms with Crippen molar-refractivity contribution in [3.63, 3.8) is 0 Å². The van der Waals surface area contributed by atoms with Gasteiger partial charge in [-0.1, -0.05) is 35.0 Å². The largest absolute Gasteiger partial charge is 0.485 e. The third kappa shape index (κ3) is 3.51. The number of tetrazole rings is 1. The van der Waals surface area contributed by atoms with Gasteiger partial charge in [-0.2, -0.15) is 0 Å². The van der Waals surface area contributed by atoms with Crippen LogP contribution in [-0.4, -0.2) is 25.4 Å². The Bertz CT molecular complexity index is 967. The molecule has 0 amide bonds. The van der Waals surface area contributed by atoms with Crippen LogP contribution in [0.3, 0.4) is 0 Å². The minimum atomic E-state index is 0.264. The first kappa shape index (κ1) is 15.3. The molecule has 2 aromatic carbocycles. The van der Waals surface area contributed by atoms with E-state index in [1.54, 1.807) is 4.68 Å². The van der Waals surface area contributed by atoms with Crippen LogP contribution >= 0.6 is 11.6 Å². The molecule has 4 rings (SSSR count). The van der Waals surface area contributed by atoms with Crippen LogP contribution < -0.4 is 4.74 Å². The van der Waals surface area contributed by atoms with Gasteiger partial charge in [0, 0.05) is 22.7 Å². The van der Waals surface area contributed by atoms with Gasteiger partial charge >= 0.3 is 0 Å². The minimum absolute atomic E-state index is 0.264. The zero-order valence-corrected chi connectivity index (χ0v) is 13.7. The first-order chi connectivity index (χ1) is 12.3. The molecule has 0 saturated carbocycles. The second kappa shape index (κ2) is 6.74. The summed E-state index contributed by atoms with van der Waals surface area (Å²) in [7, 11) is 0. The number of hydrogen-bond acceptors (Lipinski definition) is 6. The molecule has 0 aliphatic rings. The van der Waals surface area contributed by atoms with E-state index in [9.17, 15) is 0 Å². The minimum Gasteiger partial charge on any atom is -0.485 e. The van der Waals surface area contributed by atoms with Crippen LogP contribution in [0.15, 0.2) is 65.4 Å². The lowest BCUT2D eigenvalue weighted by atomic mass is 10.1. The van der Waals surface area contributed by atoms with Gasteiger partial charge in [-0.05, 0) is 34.7 Å². The monoisotopic (exact) mass is 353 g/mol. The van der Waals surface area contributed by atoms with E-state index in [-0.39, 0.29) is 6.61 Å². The summed E-state index contributed by atoms with van der Waals surface area (Å²) in [6.45, 7) is 0.264. The number of ether oxygens (including phenoxy) is 1. The quantitative estimate of drug-likeness (QED) is 0.546. The number of hydrogen-bond donors (Lipinski definition) is 0. The molecule has 8 heteroatoms. The van der Waals surface area contributed by atoms with Gasteiger partial charge in [0.05, 0.1) is 5.69 Å². The summed E-state index contributed by atoms with van der Waals surface area (Å²) in [5.74, 6) is 1.30. The van der Waals surface area contributed by atoms with Crippen molar-refractivity contribution in [2.24, 2.45) is 0 Å². The highest BCUT2D eigenvalue weighted by Gasteiger charge is 2.08. The van der Waals surface area contributed by atoms with E-state index in [2.05, 4.69) is 20.7 Å². The van der Waals surface area contributed by atoms with Crippen LogP contribution in [0.4, 0.5) is 0 Å². The van der Waals surface area contributed by atoms with E-state index in [4.69, 9.17) is 20.9 Å². The van der Waals surface area contributed by atoms with Crippen molar-refractivity contribution in [2.75, 3.05) is 0 Å². The summed E-state index contributed by atoms with van der Waals surface area (Å²) in [5, 5.41) is 15.8. The fourth-order valence-corrected chi connectivity index (χ4v) is 2.41. The molecule has 25 heavy (non-hydrogen) atoms. The summed E-state index contributed by atoms with van der Waals surface area (Å²) < 4.78 is 12.6. The Balaban J connectivity index is 1.45. The lowest BCUT2D eigenvalue weighted by Crippen LogP contribution is -1.97. The third-order valence-corrected chi connectivity index (χ3v) is 3.76. The Labute approximate surface area is 147 Å². The molecule has 2 aromatic heterocycles. The number of nitrogens with zero attached hydrogens (tertiary/aromatic N) is 5. The maximum Gasteiger partial charge on any atom is 0.174 e. The van der Waals surface area contributed by atoms with Gasteiger partial charge in [0.25, 0.3) is 0 Å². The van der Waals surface area contributed by atoms with Crippen molar-refractivity contribution >= 4 is 11.6 Å². The molecule has 0 saturated heterocycles. The molecule has 2 heterocycles. The van der Waals surface area contributed by atoms with Crippen molar-refractivity contribution in [1.82, 2.24) is 25.4 Å². The SMILES string of the molecule is Clc1ccc(-c2cc(COc3cccc(-n4cnnn4)c3)on2)cc1. The van der Waals surface area contributed by atoms with Gasteiger partial charge < -0.3 is 9.26 Å². The smallest absolute Gasteiger partial charge is 0.174 e. The van der Waals surface area contributed by atoms with Crippen LogP contribution in [0.1, 0.15) is 5.76 Å². The van der Waals surface area contributed by atoms with Gasteiger partial charge in [-0.25, -0.2) is 4.68 Å². The predicted molar refractivity (Wildman–Crippen MR) is 90.4 cm³/mol. The van der Waals surface area contributed by atoms with Gasteiger partial charge in [-0.3, -0.25) is 0 Å². The standard InChI is InChI=1S/C17H12ClN5O2/c18-13-6-4-12(5-7-13)17-9-16(25-20-17)10-24-15-3-1-2-14(8-15)23-11-19-21-22-23/h1-9,11H,10H2. The Morgan fingerprint density at radius 1 is 1.08 bits per heavy atom. The summed E-state index contributed by atoms with van der Waals surface area (Å²) in [6.07, 6.45) is 1.52. The Kier molecular flexibility index (Phi) is 4.14. The van der Waals surface area contributed by atoms with Crippen molar-refractivity contribution in [3.8, 4) is 22.7 Å². The number of rotatable bonds is 5. The highest BCUT2D eigenvalue weighted by atomic mass is 35.5. The molecule has 0 atom stereocenters. The molecular formula is C17H12ClN5O2. The lowest BCUT2D eigenvalue weighted by molar-refractivity contribution is 0.249. The molecule has 124 valence electrons. The number of aromatic nitrogens is 5. The highest BCUT2D eigenvalue weighted by molar-refractivity contribution is 6.30. The number of halogens is 1. The number of benzene rings is 2. The topological polar surface area (TPSA) is 78.9 Å². The van der Waals surface area contributed by atoms with Gasteiger partial charge in [0.1, 0.15) is 24.4 Å². The fraction of sp³-hybridized carbons (Fsp3) is 0.0588. The van der Waals surface area contributed by atoms with Crippen molar-refractivity contribution in [1.29, 1.82) is 0 Å². The Morgan fingerprint density at radius 3 is 2.76 bits per heavy atom. The average molecular weight is 354 g/mol. The molecular weight excluding hydrogens is 342 g/mol. The maximum absolute atomic E-state index is 5.89. The molecule has 0 radical (unpaired) electrons. The van der Waals surface area contributed by atoms with Crippen molar-refractivity contribution < 1.29 is 9.26 Å². The van der Waals surface area contributed by atoms with E-state index in [0.29, 0.717) is 16.5 Å². The predicted octanol–water partition coefficient (Wildman–Crippen LogP) is 3.55. The molecule has 0 spiro atoms. The van der Waals surface area contributed by atoms with Gasteiger partial charge in [0.2, 0.25) is 0 Å². The van der Waals surface area contributed by atoms with Crippen LogP contribution in [0, 0.1) is 0 Å². The molecule has 0 aliphatic carbocycles. The van der Waals surface area contributed by atoms with E-state index in [0.717, 1.165) is 16.9 Å². The van der Waals surface area contributed by atoms with Crippen molar-refractivity contribution in [2.45, 2.75) is 6.61 Å². The van der Waals surface area contributed by atoms with E-state index < -0.39 is 0 Å². The lowest BCUT2D eigenvalue weighted by Gasteiger charge is -2.05. The van der Waals surface area contributed by atoms with Gasteiger partial charge in [-0.15, -0.1) is 5.10 Å².